The first-order valence-corrected chi connectivity index (χ1v) is 9.46. The number of fused-ring (bicyclic) bond motifs is 1. The fourth-order valence-electron chi connectivity index (χ4n) is 3.30. The highest BCUT2D eigenvalue weighted by molar-refractivity contribution is 6.24. The molecule has 0 saturated heterocycles. The molecule has 2 aliphatic rings. The molecule has 1 aromatic heterocycles. The summed E-state index contributed by atoms with van der Waals surface area (Å²) >= 11 is 0. The lowest BCUT2D eigenvalue weighted by molar-refractivity contribution is -0.118. The predicted molar refractivity (Wildman–Crippen MR) is 114 cm³/mol. The van der Waals surface area contributed by atoms with Gasteiger partial charge in [-0.1, -0.05) is 6.07 Å². The number of methoxy groups -OCH3 is 2. The maximum atomic E-state index is 12.7. The van der Waals surface area contributed by atoms with Crippen LogP contribution in [0, 0.1) is 12.8 Å². The molecule has 1 atom stereocenters. The smallest absolute Gasteiger partial charge is 0.265 e. The monoisotopic (exact) mass is 423 g/mol. The SMILES string of the molecule is COc1ccc(CC(=O)Nc2cc(C)nn2C2=NC(=O)C3C=NN(C)C3=N2)cc1OC. The van der Waals surface area contributed by atoms with Gasteiger partial charge in [-0.2, -0.15) is 24.9 Å². The van der Waals surface area contributed by atoms with Gasteiger partial charge in [0.25, 0.3) is 11.9 Å². The maximum Gasteiger partial charge on any atom is 0.265 e. The molecule has 4 rings (SSSR count). The fraction of sp³-hybridized carbons (Fsp3) is 0.300. The largest absolute Gasteiger partial charge is 0.493 e. The fourth-order valence-corrected chi connectivity index (χ4v) is 3.30. The van der Waals surface area contributed by atoms with Gasteiger partial charge in [-0.05, 0) is 24.6 Å². The number of ether oxygens (including phenoxy) is 2. The summed E-state index contributed by atoms with van der Waals surface area (Å²) in [7, 11) is 4.78. The maximum absolute atomic E-state index is 12.7. The van der Waals surface area contributed by atoms with Crippen LogP contribution in [0.1, 0.15) is 11.3 Å². The summed E-state index contributed by atoms with van der Waals surface area (Å²) in [5.41, 5.74) is 1.38. The molecule has 2 amide bonds. The lowest BCUT2D eigenvalue weighted by Crippen LogP contribution is -2.35. The molecule has 1 unspecified atom stereocenters. The van der Waals surface area contributed by atoms with Crippen LogP contribution in [0.3, 0.4) is 0 Å². The van der Waals surface area contributed by atoms with E-state index in [1.54, 1.807) is 45.3 Å². The quantitative estimate of drug-likeness (QED) is 0.768. The standard InChI is InChI=1S/C20H21N7O4/c1-11-7-16(22-17(28)9-12-5-6-14(30-3)15(8-12)31-4)27(25-11)20-23-18-13(19(29)24-20)10-21-26(18)2/h5-8,10,13H,9H2,1-4H3,(H,22,28). The summed E-state index contributed by atoms with van der Waals surface area (Å²) in [6.45, 7) is 1.77. The van der Waals surface area contributed by atoms with E-state index in [2.05, 4.69) is 25.5 Å². The first-order chi connectivity index (χ1) is 14.9. The first-order valence-electron chi connectivity index (χ1n) is 9.46. The van der Waals surface area contributed by atoms with Gasteiger partial charge in [0.2, 0.25) is 5.91 Å². The van der Waals surface area contributed by atoms with E-state index in [9.17, 15) is 9.59 Å². The van der Waals surface area contributed by atoms with Gasteiger partial charge in [-0.25, -0.2) is 0 Å². The van der Waals surface area contributed by atoms with Crippen molar-refractivity contribution in [2.24, 2.45) is 21.0 Å². The molecule has 0 saturated carbocycles. The van der Waals surface area contributed by atoms with E-state index in [-0.39, 0.29) is 24.2 Å². The molecule has 0 aliphatic carbocycles. The molecular formula is C20H21N7O4. The molecule has 1 aromatic carbocycles. The van der Waals surface area contributed by atoms with Crippen LogP contribution >= 0.6 is 0 Å². The Labute approximate surface area is 178 Å². The summed E-state index contributed by atoms with van der Waals surface area (Å²) in [5.74, 6) is 0.767. The molecule has 3 heterocycles. The third kappa shape index (κ3) is 3.89. The Balaban J connectivity index is 1.55. The van der Waals surface area contributed by atoms with E-state index >= 15 is 0 Å². The molecule has 160 valence electrons. The van der Waals surface area contributed by atoms with E-state index in [1.807, 2.05) is 0 Å². The molecular weight excluding hydrogens is 402 g/mol. The molecule has 2 aromatic rings. The van der Waals surface area contributed by atoms with Crippen LogP contribution in [0.5, 0.6) is 11.5 Å². The second kappa shape index (κ2) is 8.01. The molecule has 2 aliphatic heterocycles. The van der Waals surface area contributed by atoms with Crippen molar-refractivity contribution in [3.63, 3.8) is 0 Å². The second-order valence-corrected chi connectivity index (χ2v) is 6.98. The Morgan fingerprint density at radius 1 is 1.16 bits per heavy atom. The number of aromatic nitrogens is 2. The molecule has 1 N–H and O–H groups in total. The van der Waals surface area contributed by atoms with E-state index in [4.69, 9.17) is 9.47 Å². The predicted octanol–water partition coefficient (Wildman–Crippen LogP) is 1.08. The van der Waals surface area contributed by atoms with Gasteiger partial charge in [0.1, 0.15) is 17.6 Å². The molecule has 0 fully saturated rings. The number of hydrogen-bond donors (Lipinski definition) is 1. The van der Waals surface area contributed by atoms with Crippen LogP contribution in [0.4, 0.5) is 5.82 Å². The van der Waals surface area contributed by atoms with Crippen molar-refractivity contribution in [1.82, 2.24) is 14.8 Å². The highest BCUT2D eigenvalue weighted by Crippen LogP contribution is 2.28. The Morgan fingerprint density at radius 3 is 2.68 bits per heavy atom. The van der Waals surface area contributed by atoms with Crippen molar-refractivity contribution in [1.29, 1.82) is 0 Å². The van der Waals surface area contributed by atoms with Crippen LogP contribution < -0.4 is 14.8 Å². The number of hydrazone groups is 1. The van der Waals surface area contributed by atoms with Crippen LogP contribution in [-0.2, 0) is 16.0 Å². The van der Waals surface area contributed by atoms with Crippen LogP contribution in [-0.4, -0.2) is 65.9 Å². The minimum absolute atomic E-state index is 0.0723. The molecule has 0 bridgehead atoms. The Hall–Kier alpha value is -4.02. The van der Waals surface area contributed by atoms with Gasteiger partial charge in [-0.15, -0.1) is 0 Å². The van der Waals surface area contributed by atoms with Crippen molar-refractivity contribution in [3.05, 3.63) is 35.5 Å². The van der Waals surface area contributed by atoms with E-state index < -0.39 is 5.92 Å². The number of benzene rings is 1. The first kappa shape index (κ1) is 20.3. The Morgan fingerprint density at radius 2 is 1.94 bits per heavy atom. The lowest BCUT2D eigenvalue weighted by Gasteiger charge is -2.17. The minimum Gasteiger partial charge on any atom is -0.493 e. The number of amidine groups is 1. The number of rotatable bonds is 5. The van der Waals surface area contributed by atoms with Crippen molar-refractivity contribution in [2.75, 3.05) is 26.6 Å². The highest BCUT2D eigenvalue weighted by Gasteiger charge is 2.35. The summed E-state index contributed by atoms with van der Waals surface area (Å²) in [4.78, 5) is 33.5. The van der Waals surface area contributed by atoms with Crippen molar-refractivity contribution in [3.8, 4) is 11.5 Å². The van der Waals surface area contributed by atoms with Gasteiger partial charge in [0.15, 0.2) is 11.5 Å². The lowest BCUT2D eigenvalue weighted by atomic mass is 10.1. The van der Waals surface area contributed by atoms with E-state index in [0.717, 1.165) is 5.56 Å². The molecule has 0 spiro atoms. The minimum atomic E-state index is -0.589. The normalized spacial score (nSPS) is 17.2. The number of aryl methyl sites for hydroxylation is 1. The third-order valence-electron chi connectivity index (χ3n) is 4.79. The van der Waals surface area contributed by atoms with E-state index in [0.29, 0.717) is 28.8 Å². The highest BCUT2D eigenvalue weighted by atomic mass is 16.5. The summed E-state index contributed by atoms with van der Waals surface area (Å²) in [6, 6.07) is 6.95. The zero-order chi connectivity index (χ0) is 22.1. The number of carbonyl (C=O) groups excluding carboxylic acids is 2. The zero-order valence-corrected chi connectivity index (χ0v) is 17.5. The topological polar surface area (TPSA) is 123 Å². The van der Waals surface area contributed by atoms with Crippen LogP contribution in [0.2, 0.25) is 0 Å². The van der Waals surface area contributed by atoms with Crippen molar-refractivity contribution < 1.29 is 19.1 Å². The van der Waals surface area contributed by atoms with Gasteiger partial charge in [0.05, 0.1) is 26.3 Å². The average Bonchev–Trinajstić information content (AvgIpc) is 3.30. The van der Waals surface area contributed by atoms with Crippen LogP contribution in [0.25, 0.3) is 0 Å². The zero-order valence-electron chi connectivity index (χ0n) is 17.5. The Bertz CT molecular complexity index is 1150. The van der Waals surface area contributed by atoms with Gasteiger partial charge < -0.3 is 14.8 Å². The van der Waals surface area contributed by atoms with Gasteiger partial charge >= 0.3 is 0 Å². The molecule has 31 heavy (non-hydrogen) atoms. The summed E-state index contributed by atoms with van der Waals surface area (Å²) < 4.78 is 11.8. The van der Waals surface area contributed by atoms with Gasteiger partial charge in [0, 0.05) is 19.3 Å². The molecule has 0 radical (unpaired) electrons. The second-order valence-electron chi connectivity index (χ2n) is 6.98. The number of carbonyl (C=O) groups is 2. The molecule has 11 heteroatoms. The number of aliphatic imine (C=N–C) groups is 2. The van der Waals surface area contributed by atoms with E-state index in [1.165, 1.54) is 23.0 Å². The van der Waals surface area contributed by atoms with Crippen LogP contribution in [0.15, 0.2) is 39.4 Å². The Kier molecular flexibility index (Phi) is 5.24. The third-order valence-corrected chi connectivity index (χ3v) is 4.79. The number of hydrogen-bond acceptors (Lipinski definition) is 8. The summed E-state index contributed by atoms with van der Waals surface area (Å²) in [6.07, 6.45) is 1.60. The average molecular weight is 423 g/mol. The van der Waals surface area contributed by atoms with Gasteiger partial charge in [-0.3, -0.25) is 14.6 Å². The van der Waals surface area contributed by atoms with Crippen molar-refractivity contribution in [2.45, 2.75) is 13.3 Å². The van der Waals surface area contributed by atoms with Crippen molar-refractivity contribution >= 4 is 35.6 Å². The summed E-state index contributed by atoms with van der Waals surface area (Å²) in [5, 5.41) is 12.7. The number of amides is 2. The number of nitrogens with one attached hydrogen (secondary N) is 1. The molecule has 11 nitrogen and oxygen atoms in total. The number of anilines is 1. The number of nitrogens with zero attached hydrogens (tertiary/aromatic N) is 6.